The summed E-state index contributed by atoms with van der Waals surface area (Å²) in [6.07, 6.45) is 0. The van der Waals surface area contributed by atoms with Crippen LogP contribution in [0.1, 0.15) is 10.5 Å². The van der Waals surface area contributed by atoms with Gasteiger partial charge in [0.25, 0.3) is 5.91 Å². The molecule has 0 atom stereocenters. The summed E-state index contributed by atoms with van der Waals surface area (Å²) in [6.45, 7) is 0. The first-order valence-electron chi connectivity index (χ1n) is 4.68. The highest BCUT2D eigenvalue weighted by molar-refractivity contribution is 7.10. The van der Waals surface area contributed by atoms with Crippen molar-refractivity contribution in [2.45, 2.75) is 0 Å². The summed E-state index contributed by atoms with van der Waals surface area (Å²) >= 11 is 1.16. The molecule has 1 heterocycles. The van der Waals surface area contributed by atoms with Crippen molar-refractivity contribution in [1.29, 1.82) is 0 Å². The van der Waals surface area contributed by atoms with Crippen molar-refractivity contribution in [2.24, 2.45) is 0 Å². The first kappa shape index (κ1) is 10.6. The van der Waals surface area contributed by atoms with Crippen LogP contribution in [0.5, 0.6) is 0 Å². The second-order valence-corrected chi connectivity index (χ2v) is 3.77. The minimum absolute atomic E-state index is 0.243. The van der Waals surface area contributed by atoms with E-state index < -0.39 is 0 Å². The van der Waals surface area contributed by atoms with Crippen LogP contribution < -0.4 is 10.6 Å². The third-order valence-corrected chi connectivity index (χ3v) is 2.60. The molecule has 1 aromatic heterocycles. The summed E-state index contributed by atoms with van der Waals surface area (Å²) in [5.74, 6) is -0.243. The Balaban J connectivity index is 2.22. The van der Waals surface area contributed by atoms with Gasteiger partial charge in [-0.15, -0.1) is 5.10 Å². The number of carbonyl (C=O) groups excluding carboxylic acids is 1. The second-order valence-electron chi connectivity index (χ2n) is 3.02. The van der Waals surface area contributed by atoms with Crippen molar-refractivity contribution in [1.82, 2.24) is 14.9 Å². The number of amides is 1. The topological polar surface area (TPSA) is 66.9 Å². The van der Waals surface area contributed by atoms with Crippen LogP contribution in [-0.4, -0.2) is 22.5 Å². The Labute approximate surface area is 96.7 Å². The van der Waals surface area contributed by atoms with Gasteiger partial charge in [-0.3, -0.25) is 4.79 Å². The Bertz CT molecular complexity index is 483. The molecule has 0 saturated carbocycles. The maximum Gasteiger partial charge on any atom is 0.274 e. The van der Waals surface area contributed by atoms with Crippen LogP contribution in [0.15, 0.2) is 30.3 Å². The fraction of sp³-hybridized carbons (Fsp3) is 0.100. The van der Waals surface area contributed by atoms with Crippen molar-refractivity contribution >= 4 is 28.1 Å². The van der Waals surface area contributed by atoms with Crippen molar-refractivity contribution in [3.63, 3.8) is 0 Å². The Morgan fingerprint density at radius 3 is 2.75 bits per heavy atom. The zero-order valence-electron chi connectivity index (χ0n) is 8.60. The van der Waals surface area contributed by atoms with Gasteiger partial charge in [0.2, 0.25) is 0 Å². The van der Waals surface area contributed by atoms with Crippen LogP contribution in [0.2, 0.25) is 0 Å². The van der Waals surface area contributed by atoms with E-state index in [9.17, 15) is 4.79 Å². The van der Waals surface area contributed by atoms with Crippen molar-refractivity contribution in [2.75, 3.05) is 12.4 Å². The molecule has 82 valence electrons. The van der Waals surface area contributed by atoms with Crippen molar-refractivity contribution in [3.05, 3.63) is 36.0 Å². The van der Waals surface area contributed by atoms with Gasteiger partial charge in [0.1, 0.15) is 5.00 Å². The summed E-state index contributed by atoms with van der Waals surface area (Å²) in [5.41, 5.74) is 1.22. The van der Waals surface area contributed by atoms with E-state index in [1.165, 1.54) is 0 Å². The monoisotopic (exact) mass is 234 g/mol. The molecule has 0 radical (unpaired) electrons. The summed E-state index contributed by atoms with van der Waals surface area (Å²) in [4.78, 5) is 11.4. The Kier molecular flexibility index (Phi) is 3.11. The van der Waals surface area contributed by atoms with Gasteiger partial charge in [-0.2, -0.15) is 0 Å². The van der Waals surface area contributed by atoms with Gasteiger partial charge in [-0.1, -0.05) is 22.7 Å². The molecule has 0 aliphatic heterocycles. The number of nitrogens with zero attached hydrogens (tertiary/aromatic N) is 2. The Hall–Kier alpha value is -1.95. The molecule has 2 aromatic rings. The minimum Gasteiger partial charge on any atom is -0.354 e. The smallest absolute Gasteiger partial charge is 0.274 e. The number of carbonyl (C=O) groups is 1. The highest BCUT2D eigenvalue weighted by Crippen LogP contribution is 2.22. The molecule has 0 fully saturated rings. The van der Waals surface area contributed by atoms with Gasteiger partial charge in [0.05, 0.1) is 0 Å². The van der Waals surface area contributed by atoms with E-state index in [4.69, 9.17) is 0 Å². The lowest BCUT2D eigenvalue weighted by atomic mass is 10.3. The summed E-state index contributed by atoms with van der Waals surface area (Å²) < 4.78 is 3.76. The van der Waals surface area contributed by atoms with Gasteiger partial charge >= 0.3 is 0 Å². The molecular formula is C10H10N4OS. The number of para-hydroxylation sites is 1. The summed E-state index contributed by atoms with van der Waals surface area (Å²) in [5, 5.41) is 10.0. The molecule has 5 nitrogen and oxygen atoms in total. The fourth-order valence-corrected chi connectivity index (χ4v) is 1.78. The molecule has 16 heavy (non-hydrogen) atoms. The maximum atomic E-state index is 11.4. The molecule has 0 bridgehead atoms. The number of hydrogen-bond donors (Lipinski definition) is 2. The molecule has 0 unspecified atom stereocenters. The van der Waals surface area contributed by atoms with Crippen LogP contribution >= 0.6 is 11.5 Å². The SMILES string of the molecule is CNC(=O)c1nnsc1Nc1ccccc1. The van der Waals surface area contributed by atoms with Crippen LogP contribution in [0, 0.1) is 0 Å². The van der Waals surface area contributed by atoms with E-state index in [1.54, 1.807) is 7.05 Å². The zero-order valence-corrected chi connectivity index (χ0v) is 9.41. The minimum atomic E-state index is -0.243. The lowest BCUT2D eigenvalue weighted by Gasteiger charge is -2.03. The van der Waals surface area contributed by atoms with Crippen LogP contribution in [0.4, 0.5) is 10.7 Å². The molecule has 2 N–H and O–H groups in total. The Morgan fingerprint density at radius 2 is 2.06 bits per heavy atom. The van der Waals surface area contributed by atoms with Crippen molar-refractivity contribution < 1.29 is 4.79 Å². The van der Waals surface area contributed by atoms with E-state index >= 15 is 0 Å². The average molecular weight is 234 g/mol. The molecule has 0 spiro atoms. The number of benzene rings is 1. The standard InChI is InChI=1S/C10H10N4OS/c1-11-9(15)8-10(16-14-13-8)12-7-5-3-2-4-6-7/h2-6,12H,1H3,(H,11,15). The fourth-order valence-electron chi connectivity index (χ4n) is 1.19. The summed E-state index contributed by atoms with van der Waals surface area (Å²) in [7, 11) is 1.56. The predicted molar refractivity (Wildman–Crippen MR) is 63.0 cm³/mol. The van der Waals surface area contributed by atoms with Gasteiger partial charge < -0.3 is 10.6 Å². The first-order chi connectivity index (χ1) is 7.81. The quantitative estimate of drug-likeness (QED) is 0.847. The first-order valence-corrected chi connectivity index (χ1v) is 5.45. The molecular weight excluding hydrogens is 224 g/mol. The molecule has 6 heteroatoms. The number of anilines is 2. The number of rotatable bonds is 3. The lowest BCUT2D eigenvalue weighted by molar-refractivity contribution is 0.0959. The van der Waals surface area contributed by atoms with Gasteiger partial charge in [-0.25, -0.2) is 0 Å². The number of nitrogens with one attached hydrogen (secondary N) is 2. The molecule has 0 aliphatic rings. The van der Waals surface area contributed by atoms with E-state index in [2.05, 4.69) is 20.2 Å². The van der Waals surface area contributed by atoms with E-state index in [0.29, 0.717) is 10.7 Å². The molecule has 0 saturated heterocycles. The predicted octanol–water partition coefficient (Wildman–Crippen LogP) is 1.64. The molecule has 2 rings (SSSR count). The van der Waals surface area contributed by atoms with Crippen LogP contribution in [0.25, 0.3) is 0 Å². The third-order valence-electron chi connectivity index (χ3n) is 1.96. The summed E-state index contributed by atoms with van der Waals surface area (Å²) in [6, 6.07) is 9.57. The number of aromatic nitrogens is 2. The van der Waals surface area contributed by atoms with Gasteiger partial charge in [-0.05, 0) is 12.1 Å². The molecule has 0 aliphatic carbocycles. The van der Waals surface area contributed by atoms with Crippen LogP contribution in [-0.2, 0) is 0 Å². The lowest BCUT2D eigenvalue weighted by Crippen LogP contribution is -2.19. The number of hydrogen-bond acceptors (Lipinski definition) is 5. The zero-order chi connectivity index (χ0) is 11.4. The van der Waals surface area contributed by atoms with Gasteiger partial charge in [0, 0.05) is 24.3 Å². The van der Waals surface area contributed by atoms with Crippen molar-refractivity contribution in [3.8, 4) is 0 Å². The maximum absolute atomic E-state index is 11.4. The van der Waals surface area contributed by atoms with E-state index in [-0.39, 0.29) is 5.91 Å². The molecule has 1 amide bonds. The molecule has 1 aromatic carbocycles. The average Bonchev–Trinajstić information content (AvgIpc) is 2.77. The Morgan fingerprint density at radius 1 is 1.31 bits per heavy atom. The second kappa shape index (κ2) is 4.71. The normalized spacial score (nSPS) is 9.81. The third kappa shape index (κ3) is 2.17. The van der Waals surface area contributed by atoms with Gasteiger partial charge in [0.15, 0.2) is 5.69 Å². The van der Waals surface area contributed by atoms with E-state index in [0.717, 1.165) is 17.2 Å². The largest absolute Gasteiger partial charge is 0.354 e. The van der Waals surface area contributed by atoms with Crippen LogP contribution in [0.3, 0.4) is 0 Å². The van der Waals surface area contributed by atoms with E-state index in [1.807, 2.05) is 30.3 Å². The highest BCUT2D eigenvalue weighted by Gasteiger charge is 2.14. The highest BCUT2D eigenvalue weighted by atomic mass is 32.1.